The first-order chi connectivity index (χ1) is 31.0. The normalized spacial score (nSPS) is 14.0. The number of aliphatic hydroxyl groups excluding tert-OH is 4. The van der Waals surface area contributed by atoms with Crippen molar-refractivity contribution in [3.63, 3.8) is 0 Å². The average molecular weight is 935 g/mol. The van der Waals surface area contributed by atoms with Crippen molar-refractivity contribution in [2.24, 2.45) is 0 Å². The molecule has 4 unspecified atom stereocenters. The third-order valence-electron chi connectivity index (χ3n) is 8.11. The Labute approximate surface area is 369 Å². The van der Waals surface area contributed by atoms with Crippen LogP contribution >= 0.6 is 0 Å². The summed E-state index contributed by atoms with van der Waals surface area (Å²) in [5.41, 5.74) is 0. The third-order valence-corrected chi connectivity index (χ3v) is 8.11. The van der Waals surface area contributed by atoms with Gasteiger partial charge < -0.3 is 48.8 Å². The summed E-state index contributed by atoms with van der Waals surface area (Å²) >= 11 is 0. The molecular weight excluding hydrogens is 856 g/mol. The van der Waals surface area contributed by atoms with Crippen molar-refractivity contribution in [2.45, 2.75) is 62.9 Å². The van der Waals surface area contributed by atoms with Crippen LogP contribution in [0.3, 0.4) is 0 Å². The average Bonchev–Trinajstić information content (AvgIpc) is 3.28. The minimum Gasteiger partial charge on any atom is -0.396 e. The molecule has 8 N–H and O–H groups in total. The Balaban J connectivity index is 6.89. The van der Waals surface area contributed by atoms with E-state index in [2.05, 4.69) is 19.6 Å². The van der Waals surface area contributed by atoms with Crippen LogP contribution in [0, 0.1) is 0 Å². The Morgan fingerprint density at radius 2 is 0.698 bits per heavy atom. The van der Waals surface area contributed by atoms with Gasteiger partial charge in [-0.2, -0.15) is 0 Å². The molecule has 26 nitrogen and oxygen atoms in total. The summed E-state index contributed by atoms with van der Waals surface area (Å²) < 4.78 is 34.7. The molecule has 0 radical (unpaired) electrons. The number of nitrogens with zero attached hydrogens (tertiary/aromatic N) is 2. The predicted molar refractivity (Wildman–Crippen MR) is 215 cm³/mol. The fraction of sp³-hybridized carbons (Fsp3) is 1.00. The Morgan fingerprint density at radius 1 is 0.317 bits per heavy atom. The molecule has 0 rings (SSSR count). The summed E-state index contributed by atoms with van der Waals surface area (Å²) in [6.07, 6.45) is 0.287. The Kier molecular flexibility index (Phi) is 49.5. The molecule has 0 fully saturated rings. The molecule has 0 aromatic carbocycles. The lowest BCUT2D eigenvalue weighted by atomic mass is 10.2. The van der Waals surface area contributed by atoms with Gasteiger partial charge in [0.25, 0.3) is 0 Å². The second-order valence-electron chi connectivity index (χ2n) is 13.6. The largest absolute Gasteiger partial charge is 0.396 e. The first-order valence-electron chi connectivity index (χ1n) is 21.3. The SMILES string of the molecule is OCCCCOOCC(CN(CC(COCCOCCO)OOCCCCO)CN(CC(COCCOO)OCCOO)CC(COCCOO)OCCOO)OOCCCCO. The van der Waals surface area contributed by atoms with Gasteiger partial charge in [-0.25, -0.2) is 48.9 Å². The zero-order chi connectivity index (χ0) is 46.1. The van der Waals surface area contributed by atoms with Gasteiger partial charge in [-0.05, 0) is 38.5 Å². The van der Waals surface area contributed by atoms with Crippen LogP contribution in [0.2, 0.25) is 0 Å². The smallest absolute Gasteiger partial charge is 0.132 e. The second-order valence-corrected chi connectivity index (χ2v) is 13.6. The number of hydrogen-bond donors (Lipinski definition) is 8. The summed E-state index contributed by atoms with van der Waals surface area (Å²) in [4.78, 5) is 54.3. The van der Waals surface area contributed by atoms with Crippen molar-refractivity contribution in [1.29, 1.82) is 0 Å². The molecule has 0 aromatic heterocycles. The lowest BCUT2D eigenvalue weighted by molar-refractivity contribution is -0.369. The number of aliphatic hydroxyl groups is 4. The Bertz CT molecular complexity index is 821. The van der Waals surface area contributed by atoms with Gasteiger partial charge in [-0.1, -0.05) is 0 Å². The molecule has 0 aliphatic heterocycles. The molecule has 0 saturated heterocycles. The summed E-state index contributed by atoms with van der Waals surface area (Å²) in [5, 5.41) is 72.4. The van der Waals surface area contributed by atoms with E-state index in [4.69, 9.17) is 89.0 Å². The highest BCUT2D eigenvalue weighted by Gasteiger charge is 2.27. The van der Waals surface area contributed by atoms with E-state index in [0.29, 0.717) is 38.5 Å². The van der Waals surface area contributed by atoms with Gasteiger partial charge in [0.1, 0.15) is 45.2 Å². The maximum Gasteiger partial charge on any atom is 0.132 e. The van der Waals surface area contributed by atoms with Gasteiger partial charge in [-0.15, -0.1) is 0 Å². The van der Waals surface area contributed by atoms with Crippen molar-refractivity contribution >= 4 is 0 Å². The van der Waals surface area contributed by atoms with Gasteiger partial charge in [0.15, 0.2) is 0 Å². The van der Waals surface area contributed by atoms with E-state index in [9.17, 15) is 10.2 Å². The highest BCUT2D eigenvalue weighted by molar-refractivity contribution is 4.76. The standard InChI is InChI=1S/C37H78N2O24/c40-7-1-4-11-58-61-32-37(63-60-13-6-3-9-42)28-39(27-36(62-59-12-5-2-8-41)31-49-16-15-48-14-10-43)33-38(25-34(52-19-23-56-46)29-50-17-21-54-44)26-35(53-20-24-57-47)30-51-18-22-55-45/h34-37,40-47H,1-33H2. The van der Waals surface area contributed by atoms with E-state index in [1.54, 1.807) is 0 Å². The van der Waals surface area contributed by atoms with Crippen LogP contribution in [-0.2, 0) is 77.3 Å². The molecule has 0 saturated carbocycles. The fourth-order valence-corrected chi connectivity index (χ4v) is 5.26. The van der Waals surface area contributed by atoms with Crippen LogP contribution in [0.1, 0.15) is 38.5 Å². The minimum absolute atomic E-state index is 0.00461. The zero-order valence-corrected chi connectivity index (χ0v) is 36.6. The first kappa shape index (κ1) is 62.0. The van der Waals surface area contributed by atoms with Gasteiger partial charge in [0.05, 0.1) is 111 Å². The van der Waals surface area contributed by atoms with Gasteiger partial charge in [-0.3, -0.25) is 30.8 Å². The zero-order valence-electron chi connectivity index (χ0n) is 36.6. The molecule has 0 heterocycles. The topological polar surface area (TPSA) is 316 Å². The molecule has 380 valence electrons. The van der Waals surface area contributed by atoms with Crippen LogP contribution in [0.5, 0.6) is 0 Å². The number of ether oxygens (including phenoxy) is 6. The van der Waals surface area contributed by atoms with E-state index in [1.807, 2.05) is 9.80 Å². The van der Waals surface area contributed by atoms with E-state index < -0.39 is 24.4 Å². The number of unbranched alkanes of at least 4 members (excludes halogenated alkanes) is 3. The molecular formula is C37H78N2O24. The first-order valence-corrected chi connectivity index (χ1v) is 21.3. The van der Waals surface area contributed by atoms with E-state index >= 15 is 0 Å². The Hall–Kier alpha value is -1.04. The molecule has 0 spiro atoms. The molecule has 0 bridgehead atoms. The fourth-order valence-electron chi connectivity index (χ4n) is 5.26. The van der Waals surface area contributed by atoms with Crippen LogP contribution in [0.15, 0.2) is 0 Å². The lowest BCUT2D eigenvalue weighted by Crippen LogP contribution is -2.52. The molecule has 0 aliphatic rings. The molecule has 4 atom stereocenters. The predicted octanol–water partition coefficient (Wildman–Crippen LogP) is -0.765. The quantitative estimate of drug-likeness (QED) is 0.0161. The van der Waals surface area contributed by atoms with Gasteiger partial charge >= 0.3 is 0 Å². The minimum atomic E-state index is -0.788. The van der Waals surface area contributed by atoms with E-state index in [1.165, 1.54) is 0 Å². The number of hydrogen-bond acceptors (Lipinski definition) is 26. The van der Waals surface area contributed by atoms with Crippen LogP contribution < -0.4 is 0 Å². The molecule has 0 amide bonds. The van der Waals surface area contributed by atoms with Crippen molar-refractivity contribution in [1.82, 2.24) is 9.80 Å². The van der Waals surface area contributed by atoms with Crippen molar-refractivity contribution < 1.29 is 119 Å². The summed E-state index contributed by atoms with van der Waals surface area (Å²) in [6.45, 7) is 1.19. The van der Waals surface area contributed by atoms with Crippen LogP contribution in [-0.4, -0.2) is 254 Å². The maximum atomic E-state index is 9.26. The molecule has 0 aromatic rings. The van der Waals surface area contributed by atoms with Crippen molar-refractivity contribution in [3.05, 3.63) is 0 Å². The second kappa shape index (κ2) is 50.4. The Morgan fingerprint density at radius 3 is 1.14 bits per heavy atom. The molecule has 0 aliphatic carbocycles. The maximum absolute atomic E-state index is 9.26. The van der Waals surface area contributed by atoms with Crippen LogP contribution in [0.25, 0.3) is 0 Å². The monoisotopic (exact) mass is 934 g/mol. The summed E-state index contributed by atoms with van der Waals surface area (Å²) in [5.74, 6) is 0. The van der Waals surface area contributed by atoms with Crippen LogP contribution in [0.4, 0.5) is 0 Å². The van der Waals surface area contributed by atoms with Gasteiger partial charge in [0.2, 0.25) is 0 Å². The summed E-state index contributed by atoms with van der Waals surface area (Å²) in [6, 6.07) is 0. The number of rotatable bonds is 54. The van der Waals surface area contributed by atoms with Crippen molar-refractivity contribution in [3.8, 4) is 0 Å². The highest BCUT2D eigenvalue weighted by Crippen LogP contribution is 2.12. The lowest BCUT2D eigenvalue weighted by Gasteiger charge is -2.37. The van der Waals surface area contributed by atoms with E-state index in [-0.39, 0.29) is 178 Å². The highest BCUT2D eigenvalue weighted by atomic mass is 17.2. The summed E-state index contributed by atoms with van der Waals surface area (Å²) in [7, 11) is 0. The molecule has 26 heteroatoms. The van der Waals surface area contributed by atoms with Gasteiger partial charge in [0, 0.05) is 46.0 Å². The third kappa shape index (κ3) is 42.1. The van der Waals surface area contributed by atoms with E-state index in [0.717, 1.165) is 0 Å². The molecule has 63 heavy (non-hydrogen) atoms. The van der Waals surface area contributed by atoms with Crippen molar-refractivity contribution in [2.75, 3.05) is 178 Å².